The molecule has 0 bridgehead atoms. The summed E-state index contributed by atoms with van der Waals surface area (Å²) in [7, 11) is 1.72. The van der Waals surface area contributed by atoms with Crippen molar-refractivity contribution in [1.82, 2.24) is 5.32 Å². The summed E-state index contributed by atoms with van der Waals surface area (Å²) in [5.74, 6) is 1.63. The maximum absolute atomic E-state index is 5.31. The molecule has 1 N–H and O–H groups in total. The number of halogens is 1. The average molecular weight is 328 g/mol. The van der Waals surface area contributed by atoms with Gasteiger partial charge in [-0.05, 0) is 55.5 Å². The van der Waals surface area contributed by atoms with Crippen LogP contribution in [0, 0.1) is 5.92 Å². The molecule has 108 valence electrons. The smallest absolute Gasteiger partial charge is 0.119 e. The van der Waals surface area contributed by atoms with Gasteiger partial charge in [0.15, 0.2) is 0 Å². The number of benzene rings is 1. The summed E-state index contributed by atoms with van der Waals surface area (Å²) in [6.45, 7) is 7.85. The molecule has 1 atom stereocenters. The van der Waals surface area contributed by atoms with Crippen LogP contribution in [0.1, 0.15) is 39.2 Å². The lowest BCUT2D eigenvalue weighted by Crippen LogP contribution is -2.33. The van der Waals surface area contributed by atoms with Crippen LogP contribution in [0.15, 0.2) is 22.7 Å². The van der Waals surface area contributed by atoms with Gasteiger partial charge < -0.3 is 10.1 Å². The Kier molecular flexibility index (Phi) is 7.47. The van der Waals surface area contributed by atoms with Gasteiger partial charge in [0, 0.05) is 10.5 Å². The van der Waals surface area contributed by atoms with Gasteiger partial charge in [0.2, 0.25) is 0 Å². The molecule has 0 fully saturated rings. The summed E-state index contributed by atoms with van der Waals surface area (Å²) in [6, 6.07) is 6.72. The topological polar surface area (TPSA) is 21.3 Å². The molecule has 0 heterocycles. The van der Waals surface area contributed by atoms with Gasteiger partial charge in [0.1, 0.15) is 5.75 Å². The number of nitrogens with one attached hydrogen (secondary N) is 1. The lowest BCUT2D eigenvalue weighted by Gasteiger charge is -2.21. The van der Waals surface area contributed by atoms with E-state index >= 15 is 0 Å². The zero-order valence-corrected chi connectivity index (χ0v) is 14.1. The van der Waals surface area contributed by atoms with Crippen molar-refractivity contribution < 1.29 is 4.74 Å². The fourth-order valence-corrected chi connectivity index (χ4v) is 2.66. The van der Waals surface area contributed by atoms with Gasteiger partial charge >= 0.3 is 0 Å². The summed E-state index contributed by atoms with van der Waals surface area (Å²) in [6.07, 6.45) is 3.41. The molecular formula is C16H26BrNO. The minimum Gasteiger partial charge on any atom is -0.497 e. The van der Waals surface area contributed by atoms with Crippen LogP contribution in [0.5, 0.6) is 5.75 Å². The van der Waals surface area contributed by atoms with E-state index in [9.17, 15) is 0 Å². The largest absolute Gasteiger partial charge is 0.497 e. The van der Waals surface area contributed by atoms with Crippen LogP contribution >= 0.6 is 15.9 Å². The molecule has 0 amide bonds. The molecular weight excluding hydrogens is 302 g/mol. The Labute approximate surface area is 126 Å². The van der Waals surface area contributed by atoms with E-state index in [0.29, 0.717) is 12.0 Å². The summed E-state index contributed by atoms with van der Waals surface area (Å²) in [5, 5.41) is 3.65. The van der Waals surface area contributed by atoms with Gasteiger partial charge in [-0.25, -0.2) is 0 Å². The average Bonchev–Trinajstić information content (AvgIpc) is 2.37. The van der Waals surface area contributed by atoms with E-state index in [1.807, 2.05) is 6.07 Å². The number of hydrogen-bond donors (Lipinski definition) is 1. The predicted molar refractivity (Wildman–Crippen MR) is 85.9 cm³/mol. The van der Waals surface area contributed by atoms with Crippen molar-refractivity contribution in [1.29, 1.82) is 0 Å². The number of methoxy groups -OCH3 is 1. The van der Waals surface area contributed by atoms with Crippen LogP contribution in [0.2, 0.25) is 0 Å². The highest BCUT2D eigenvalue weighted by Gasteiger charge is 2.13. The molecule has 1 unspecified atom stereocenters. The van der Waals surface area contributed by atoms with Gasteiger partial charge in [-0.15, -0.1) is 0 Å². The molecule has 1 aromatic carbocycles. The van der Waals surface area contributed by atoms with Crippen molar-refractivity contribution in [2.75, 3.05) is 13.7 Å². The van der Waals surface area contributed by atoms with Gasteiger partial charge in [-0.3, -0.25) is 0 Å². The third-order valence-corrected chi connectivity index (χ3v) is 3.93. The Bertz CT molecular complexity index is 379. The highest BCUT2D eigenvalue weighted by Crippen LogP contribution is 2.24. The van der Waals surface area contributed by atoms with Crippen molar-refractivity contribution in [3.8, 4) is 5.75 Å². The molecule has 19 heavy (non-hydrogen) atoms. The molecule has 2 nitrogen and oxygen atoms in total. The maximum atomic E-state index is 5.31. The van der Waals surface area contributed by atoms with Crippen molar-refractivity contribution in [3.05, 3.63) is 28.2 Å². The van der Waals surface area contributed by atoms with Gasteiger partial charge in [0.05, 0.1) is 7.11 Å². The van der Waals surface area contributed by atoms with E-state index in [2.05, 4.69) is 54.2 Å². The molecule has 1 rings (SSSR count). The van der Waals surface area contributed by atoms with Crippen LogP contribution in [0.4, 0.5) is 0 Å². The van der Waals surface area contributed by atoms with Crippen LogP contribution in [0.3, 0.4) is 0 Å². The zero-order valence-electron chi connectivity index (χ0n) is 12.5. The third kappa shape index (κ3) is 5.96. The molecule has 3 heteroatoms. The van der Waals surface area contributed by atoms with E-state index in [1.54, 1.807) is 7.11 Å². The standard InChI is InChI=1S/C16H26BrNO/c1-5-8-18-14(9-12(2)3)10-13-11-15(19-4)6-7-16(13)17/h6-7,11-12,14,18H,5,8-10H2,1-4H3. The first-order valence-electron chi connectivity index (χ1n) is 7.12. The van der Waals surface area contributed by atoms with E-state index in [4.69, 9.17) is 4.74 Å². The van der Waals surface area contributed by atoms with Crippen LogP contribution in [-0.2, 0) is 6.42 Å². The Morgan fingerprint density at radius 1 is 1.32 bits per heavy atom. The molecule has 0 aliphatic heterocycles. The van der Waals surface area contributed by atoms with Crippen LogP contribution < -0.4 is 10.1 Å². The Morgan fingerprint density at radius 3 is 2.63 bits per heavy atom. The van der Waals surface area contributed by atoms with Crippen LogP contribution in [-0.4, -0.2) is 19.7 Å². The molecule has 0 spiro atoms. The summed E-state index contributed by atoms with van der Waals surface area (Å²) < 4.78 is 6.48. The normalized spacial score (nSPS) is 12.7. The number of rotatable bonds is 8. The lowest BCUT2D eigenvalue weighted by molar-refractivity contribution is 0.407. The quantitative estimate of drug-likeness (QED) is 0.763. The van der Waals surface area contributed by atoms with E-state index in [1.165, 1.54) is 22.9 Å². The highest BCUT2D eigenvalue weighted by molar-refractivity contribution is 9.10. The maximum Gasteiger partial charge on any atom is 0.119 e. The first-order valence-corrected chi connectivity index (χ1v) is 7.91. The van der Waals surface area contributed by atoms with E-state index in [-0.39, 0.29) is 0 Å². The fraction of sp³-hybridized carbons (Fsp3) is 0.625. The van der Waals surface area contributed by atoms with Gasteiger partial charge in [-0.2, -0.15) is 0 Å². The van der Waals surface area contributed by atoms with Crippen molar-refractivity contribution in [2.45, 2.75) is 46.1 Å². The minimum atomic E-state index is 0.531. The first-order chi connectivity index (χ1) is 9.06. The second-order valence-electron chi connectivity index (χ2n) is 5.44. The Balaban J connectivity index is 2.76. The van der Waals surface area contributed by atoms with E-state index < -0.39 is 0 Å². The molecule has 0 saturated heterocycles. The monoisotopic (exact) mass is 327 g/mol. The van der Waals surface area contributed by atoms with Crippen molar-refractivity contribution in [2.24, 2.45) is 5.92 Å². The molecule has 0 radical (unpaired) electrons. The molecule has 0 aliphatic rings. The Hall–Kier alpha value is -0.540. The first kappa shape index (κ1) is 16.5. The van der Waals surface area contributed by atoms with E-state index in [0.717, 1.165) is 18.7 Å². The fourth-order valence-electron chi connectivity index (χ4n) is 2.26. The summed E-state index contributed by atoms with van der Waals surface area (Å²) in [5.41, 5.74) is 1.31. The second-order valence-corrected chi connectivity index (χ2v) is 6.30. The minimum absolute atomic E-state index is 0.531. The summed E-state index contributed by atoms with van der Waals surface area (Å²) in [4.78, 5) is 0. The molecule has 0 saturated carbocycles. The lowest BCUT2D eigenvalue weighted by atomic mass is 9.97. The highest BCUT2D eigenvalue weighted by atomic mass is 79.9. The Morgan fingerprint density at radius 2 is 2.05 bits per heavy atom. The van der Waals surface area contributed by atoms with Crippen molar-refractivity contribution in [3.63, 3.8) is 0 Å². The molecule has 1 aromatic rings. The predicted octanol–water partition coefficient (Wildman–Crippen LogP) is 4.41. The number of hydrogen-bond acceptors (Lipinski definition) is 2. The summed E-state index contributed by atoms with van der Waals surface area (Å²) >= 11 is 3.64. The third-order valence-electron chi connectivity index (χ3n) is 3.16. The SMILES string of the molecule is CCCNC(Cc1cc(OC)ccc1Br)CC(C)C. The van der Waals surface area contributed by atoms with Gasteiger partial charge in [-0.1, -0.05) is 36.7 Å². The van der Waals surface area contributed by atoms with Gasteiger partial charge in [0.25, 0.3) is 0 Å². The number of ether oxygens (including phenoxy) is 1. The second kappa shape index (κ2) is 8.60. The zero-order chi connectivity index (χ0) is 14.3. The van der Waals surface area contributed by atoms with Crippen LogP contribution in [0.25, 0.3) is 0 Å². The van der Waals surface area contributed by atoms with Crippen molar-refractivity contribution >= 4 is 15.9 Å². The molecule has 0 aliphatic carbocycles. The molecule has 0 aromatic heterocycles.